The second kappa shape index (κ2) is 10.6. The fraction of sp³-hybridized carbons (Fsp3) is 0.407. The molecule has 1 heterocycles. The number of allylic oxidation sites excluding steroid dienone is 1. The van der Waals surface area contributed by atoms with Crippen molar-refractivity contribution in [3.8, 4) is 5.75 Å². The molecule has 1 aliphatic heterocycles. The van der Waals surface area contributed by atoms with Crippen molar-refractivity contribution in [2.45, 2.75) is 45.6 Å². The summed E-state index contributed by atoms with van der Waals surface area (Å²) in [5.41, 5.74) is 1.10. The molecule has 2 aromatic carbocycles. The van der Waals surface area contributed by atoms with Crippen molar-refractivity contribution >= 4 is 17.7 Å². The van der Waals surface area contributed by atoms with Gasteiger partial charge in [-0.25, -0.2) is 4.79 Å². The molecule has 0 bridgehead atoms. The van der Waals surface area contributed by atoms with Crippen molar-refractivity contribution in [1.29, 1.82) is 0 Å². The minimum atomic E-state index is -0.643. The Kier molecular flexibility index (Phi) is 7.79. The van der Waals surface area contributed by atoms with Gasteiger partial charge in [-0.3, -0.25) is 9.69 Å². The molecule has 0 spiro atoms. The number of amides is 1. The summed E-state index contributed by atoms with van der Waals surface area (Å²) in [4.78, 5) is 26.7. The summed E-state index contributed by atoms with van der Waals surface area (Å²) in [6.07, 6.45) is 3.59. The lowest BCUT2D eigenvalue weighted by atomic mass is 9.76. The highest BCUT2D eigenvalue weighted by Gasteiger charge is 2.34. The smallest absolute Gasteiger partial charge is 0.418 e. The predicted molar refractivity (Wildman–Crippen MR) is 128 cm³/mol. The maximum absolute atomic E-state index is 13.1. The fourth-order valence-corrected chi connectivity index (χ4v) is 3.94. The molecule has 0 radical (unpaired) electrons. The van der Waals surface area contributed by atoms with Crippen LogP contribution in [0.3, 0.4) is 0 Å². The van der Waals surface area contributed by atoms with Crippen LogP contribution in [0.1, 0.15) is 45.6 Å². The van der Waals surface area contributed by atoms with Gasteiger partial charge in [0.05, 0.1) is 19.4 Å². The minimum absolute atomic E-state index is 0.0567. The summed E-state index contributed by atoms with van der Waals surface area (Å²) in [5, 5.41) is 0. The van der Waals surface area contributed by atoms with Crippen LogP contribution in [0.2, 0.25) is 0 Å². The van der Waals surface area contributed by atoms with Gasteiger partial charge in [0, 0.05) is 18.5 Å². The van der Waals surface area contributed by atoms with E-state index >= 15 is 0 Å². The highest BCUT2D eigenvalue weighted by Crippen LogP contribution is 2.37. The number of anilines is 1. The summed E-state index contributed by atoms with van der Waals surface area (Å²) in [5.74, 6) is 0.683. The lowest BCUT2D eigenvalue weighted by molar-refractivity contribution is -0.152. The number of benzene rings is 2. The summed E-state index contributed by atoms with van der Waals surface area (Å²) in [6, 6.07) is 17.3. The topological polar surface area (TPSA) is 65.1 Å². The van der Waals surface area contributed by atoms with Gasteiger partial charge in [-0.05, 0) is 62.4 Å². The van der Waals surface area contributed by atoms with E-state index in [9.17, 15) is 9.59 Å². The van der Waals surface area contributed by atoms with Crippen molar-refractivity contribution in [1.82, 2.24) is 0 Å². The Bertz CT molecular complexity index is 962. The Hall–Kier alpha value is -3.28. The Morgan fingerprint density at radius 1 is 1.12 bits per heavy atom. The monoisotopic (exact) mass is 451 g/mol. The summed E-state index contributed by atoms with van der Waals surface area (Å²) >= 11 is 0. The average molecular weight is 452 g/mol. The van der Waals surface area contributed by atoms with E-state index in [0.717, 1.165) is 5.56 Å². The standard InChI is InChI=1S/C27H33NO5/c1-19-18-32-25(29)17-24(19)23(20-9-7-6-8-10-20)15-16-28(26(30)33-27(2,3)4)21-11-13-22(31-5)14-12-21/h6-16,19,23-24H,17-18H2,1-5H3/b16-15-/t19-,23+,24-/m0/s1. The largest absolute Gasteiger partial charge is 0.497 e. The van der Waals surface area contributed by atoms with Gasteiger partial charge in [-0.2, -0.15) is 0 Å². The second-order valence-electron chi connectivity index (χ2n) is 9.35. The molecule has 1 aliphatic rings. The van der Waals surface area contributed by atoms with Crippen LogP contribution < -0.4 is 9.64 Å². The average Bonchev–Trinajstić information content (AvgIpc) is 2.78. The molecule has 1 amide bonds. The second-order valence-corrected chi connectivity index (χ2v) is 9.35. The van der Waals surface area contributed by atoms with Crippen LogP contribution in [0.25, 0.3) is 0 Å². The first-order chi connectivity index (χ1) is 15.7. The van der Waals surface area contributed by atoms with E-state index in [0.29, 0.717) is 24.5 Å². The van der Waals surface area contributed by atoms with Gasteiger partial charge >= 0.3 is 12.1 Å². The van der Waals surface area contributed by atoms with E-state index in [1.165, 1.54) is 4.90 Å². The lowest BCUT2D eigenvalue weighted by Gasteiger charge is -2.34. The van der Waals surface area contributed by atoms with Gasteiger partial charge in [0.2, 0.25) is 0 Å². The molecule has 6 heteroatoms. The number of methoxy groups -OCH3 is 1. The number of hydrogen-bond acceptors (Lipinski definition) is 5. The quantitative estimate of drug-likeness (QED) is 0.509. The lowest BCUT2D eigenvalue weighted by Crippen LogP contribution is -2.34. The molecule has 0 aliphatic carbocycles. The maximum Gasteiger partial charge on any atom is 0.418 e. The van der Waals surface area contributed by atoms with Gasteiger partial charge in [-0.1, -0.05) is 43.3 Å². The van der Waals surface area contributed by atoms with E-state index in [-0.39, 0.29) is 23.7 Å². The van der Waals surface area contributed by atoms with E-state index in [4.69, 9.17) is 14.2 Å². The number of nitrogens with zero attached hydrogens (tertiary/aromatic N) is 1. The molecule has 1 saturated heterocycles. The third-order valence-corrected chi connectivity index (χ3v) is 5.67. The molecule has 33 heavy (non-hydrogen) atoms. The van der Waals surface area contributed by atoms with Gasteiger partial charge in [0.1, 0.15) is 11.4 Å². The Morgan fingerprint density at radius 2 is 1.79 bits per heavy atom. The molecular weight excluding hydrogens is 418 g/mol. The van der Waals surface area contributed by atoms with Gasteiger partial charge in [0.15, 0.2) is 0 Å². The zero-order chi connectivity index (χ0) is 24.0. The molecule has 0 aromatic heterocycles. The zero-order valence-electron chi connectivity index (χ0n) is 20.0. The number of hydrogen-bond donors (Lipinski definition) is 0. The zero-order valence-corrected chi connectivity index (χ0v) is 20.0. The fourth-order valence-electron chi connectivity index (χ4n) is 3.94. The summed E-state index contributed by atoms with van der Waals surface area (Å²) in [7, 11) is 1.60. The molecule has 0 unspecified atom stereocenters. The van der Waals surface area contributed by atoms with Crippen LogP contribution in [0.15, 0.2) is 66.9 Å². The third kappa shape index (κ3) is 6.60. The van der Waals surface area contributed by atoms with Crippen LogP contribution in [0.4, 0.5) is 10.5 Å². The SMILES string of the molecule is COc1ccc(N(/C=C\[C@H](c2ccccc2)[C@H]2CC(=O)OC[C@@H]2C)C(=O)OC(C)(C)C)cc1. The number of esters is 1. The normalized spacial score (nSPS) is 19.6. The van der Waals surface area contributed by atoms with Crippen molar-refractivity contribution in [3.63, 3.8) is 0 Å². The van der Waals surface area contributed by atoms with E-state index in [1.54, 1.807) is 25.4 Å². The van der Waals surface area contributed by atoms with Crippen LogP contribution in [0, 0.1) is 11.8 Å². The summed E-state index contributed by atoms with van der Waals surface area (Å²) < 4.78 is 16.2. The number of carbonyl (C=O) groups excluding carboxylic acids is 2. The highest BCUT2D eigenvalue weighted by atomic mass is 16.6. The first kappa shape index (κ1) is 24.4. The molecule has 176 valence electrons. The van der Waals surface area contributed by atoms with E-state index in [1.807, 2.05) is 69.3 Å². The van der Waals surface area contributed by atoms with Crippen molar-refractivity contribution < 1.29 is 23.8 Å². The Labute approximate surface area is 196 Å². The molecular formula is C27H33NO5. The molecule has 2 aromatic rings. The van der Waals surface area contributed by atoms with E-state index < -0.39 is 11.7 Å². The Morgan fingerprint density at radius 3 is 2.39 bits per heavy atom. The van der Waals surface area contributed by atoms with Crippen LogP contribution >= 0.6 is 0 Å². The van der Waals surface area contributed by atoms with Crippen LogP contribution in [-0.2, 0) is 14.3 Å². The van der Waals surface area contributed by atoms with Crippen molar-refractivity contribution in [3.05, 3.63) is 72.4 Å². The third-order valence-electron chi connectivity index (χ3n) is 5.67. The van der Waals surface area contributed by atoms with Crippen LogP contribution in [-0.4, -0.2) is 31.4 Å². The van der Waals surface area contributed by atoms with Crippen molar-refractivity contribution in [2.24, 2.45) is 11.8 Å². The predicted octanol–water partition coefficient (Wildman–Crippen LogP) is 5.93. The molecule has 3 rings (SSSR count). The number of carbonyl (C=O) groups is 2. The number of cyclic esters (lactones) is 1. The first-order valence-corrected chi connectivity index (χ1v) is 11.2. The molecule has 0 saturated carbocycles. The molecule has 0 N–H and O–H groups in total. The first-order valence-electron chi connectivity index (χ1n) is 11.2. The van der Waals surface area contributed by atoms with Crippen molar-refractivity contribution in [2.75, 3.05) is 18.6 Å². The van der Waals surface area contributed by atoms with Crippen LogP contribution in [0.5, 0.6) is 5.75 Å². The maximum atomic E-state index is 13.1. The van der Waals surface area contributed by atoms with Gasteiger partial charge in [-0.15, -0.1) is 0 Å². The molecule has 1 fully saturated rings. The summed E-state index contributed by atoms with van der Waals surface area (Å²) in [6.45, 7) is 8.00. The van der Waals surface area contributed by atoms with Gasteiger partial charge < -0.3 is 14.2 Å². The molecule has 6 nitrogen and oxygen atoms in total. The minimum Gasteiger partial charge on any atom is -0.497 e. The van der Waals surface area contributed by atoms with E-state index in [2.05, 4.69) is 6.92 Å². The number of ether oxygens (including phenoxy) is 3. The Balaban J connectivity index is 1.98. The highest BCUT2D eigenvalue weighted by molar-refractivity contribution is 5.90. The molecule has 3 atom stereocenters. The van der Waals surface area contributed by atoms with Gasteiger partial charge in [0.25, 0.3) is 0 Å². The number of rotatable bonds is 6.